The number of carbonyl (C=O) groups excluding carboxylic acids is 1. The molecule has 0 saturated carbocycles. The number of fused-ring (bicyclic) bond motifs is 1. The third-order valence-corrected chi connectivity index (χ3v) is 10.0. The lowest BCUT2D eigenvalue weighted by Crippen LogP contribution is -2.48. The van der Waals surface area contributed by atoms with Crippen LogP contribution in [0.5, 0.6) is 0 Å². The molecule has 0 spiro atoms. The van der Waals surface area contributed by atoms with E-state index < -0.39 is 26.3 Å². The zero-order valence-corrected chi connectivity index (χ0v) is 24.5. The molecule has 43 heavy (non-hydrogen) atoms. The number of benzene rings is 1. The lowest BCUT2D eigenvalue weighted by molar-refractivity contribution is -0.386. The normalized spacial score (nSPS) is 18.9. The summed E-state index contributed by atoms with van der Waals surface area (Å²) in [7, 11) is -4.06. The Kier molecular flexibility index (Phi) is 7.65. The van der Waals surface area contributed by atoms with Crippen LogP contribution in [0.3, 0.4) is 0 Å². The van der Waals surface area contributed by atoms with E-state index in [1.54, 1.807) is 31.3 Å². The topological polar surface area (TPSA) is 152 Å². The fraction of sp³-hybridized carbons (Fsp3) is 0.414. The fourth-order valence-corrected chi connectivity index (χ4v) is 7.47. The largest absolute Gasteiger partial charge is 0.465 e. The maximum atomic E-state index is 13.8. The Labute approximate surface area is 248 Å². The van der Waals surface area contributed by atoms with E-state index in [1.165, 1.54) is 24.4 Å². The number of nitrogens with zero attached hydrogens (tertiary/aromatic N) is 6. The van der Waals surface area contributed by atoms with Gasteiger partial charge in [0.1, 0.15) is 17.8 Å². The molecule has 0 N–H and O–H groups in total. The number of rotatable bonds is 8. The highest BCUT2D eigenvalue weighted by Crippen LogP contribution is 2.45. The molecule has 2 fully saturated rings. The van der Waals surface area contributed by atoms with E-state index in [4.69, 9.17) is 9.47 Å². The molecule has 5 heterocycles. The summed E-state index contributed by atoms with van der Waals surface area (Å²) in [5.74, 6) is -0.588. The fourth-order valence-electron chi connectivity index (χ4n) is 6.15. The van der Waals surface area contributed by atoms with E-state index >= 15 is 0 Å². The smallest absolute Gasteiger partial charge is 0.316 e. The Hall–Kier alpha value is -4.30. The highest BCUT2D eigenvalue weighted by atomic mass is 32.2. The van der Waals surface area contributed by atoms with Crippen molar-refractivity contribution in [2.45, 2.75) is 55.6 Å². The van der Waals surface area contributed by atoms with Gasteiger partial charge in [0, 0.05) is 31.3 Å². The maximum Gasteiger partial charge on any atom is 0.316 e. The van der Waals surface area contributed by atoms with Gasteiger partial charge in [-0.25, -0.2) is 22.1 Å². The van der Waals surface area contributed by atoms with Crippen molar-refractivity contribution in [1.82, 2.24) is 18.7 Å². The van der Waals surface area contributed by atoms with Crippen LogP contribution in [0.2, 0.25) is 0 Å². The molecule has 0 amide bonds. The van der Waals surface area contributed by atoms with Gasteiger partial charge in [-0.2, -0.15) is 5.10 Å². The summed E-state index contributed by atoms with van der Waals surface area (Å²) in [5.41, 5.74) is -0.771. The summed E-state index contributed by atoms with van der Waals surface area (Å²) in [5, 5.41) is 17.1. The average molecular weight is 609 g/mol. The summed E-state index contributed by atoms with van der Waals surface area (Å²) in [6.07, 6.45) is 9.32. The minimum Gasteiger partial charge on any atom is -0.465 e. The molecular formula is C29H32N6O7S. The zero-order valence-electron chi connectivity index (χ0n) is 23.7. The molecular weight excluding hydrogens is 576 g/mol. The van der Waals surface area contributed by atoms with Crippen LogP contribution in [-0.4, -0.2) is 64.4 Å². The Bertz CT molecular complexity index is 1750. The van der Waals surface area contributed by atoms with Crippen LogP contribution in [0.1, 0.15) is 50.8 Å². The second kappa shape index (κ2) is 11.4. The van der Waals surface area contributed by atoms with Gasteiger partial charge in [0.15, 0.2) is 5.65 Å². The molecule has 226 valence electrons. The molecule has 0 aliphatic carbocycles. The van der Waals surface area contributed by atoms with Crippen molar-refractivity contribution in [2.24, 2.45) is 0 Å². The molecule has 2 aliphatic rings. The Morgan fingerprint density at radius 1 is 1.16 bits per heavy atom. The first-order valence-corrected chi connectivity index (χ1v) is 15.7. The molecule has 14 heteroatoms. The van der Waals surface area contributed by atoms with Crippen LogP contribution in [0.4, 0.5) is 11.4 Å². The van der Waals surface area contributed by atoms with Gasteiger partial charge in [0.25, 0.3) is 15.7 Å². The van der Waals surface area contributed by atoms with Gasteiger partial charge in [0.05, 0.1) is 40.1 Å². The van der Waals surface area contributed by atoms with E-state index in [1.807, 2.05) is 10.9 Å². The number of aromatic nitrogens is 4. The van der Waals surface area contributed by atoms with Crippen LogP contribution >= 0.6 is 0 Å². The maximum absolute atomic E-state index is 13.8. The van der Waals surface area contributed by atoms with E-state index in [0.717, 1.165) is 35.1 Å². The minimum atomic E-state index is -4.06. The first-order chi connectivity index (χ1) is 20.8. The molecule has 3 aromatic heterocycles. The van der Waals surface area contributed by atoms with E-state index in [9.17, 15) is 23.3 Å². The molecule has 1 unspecified atom stereocenters. The number of esters is 1. The number of anilines is 1. The molecule has 2 aliphatic heterocycles. The second-order valence-corrected chi connectivity index (χ2v) is 12.5. The first-order valence-electron chi connectivity index (χ1n) is 14.3. The Morgan fingerprint density at radius 2 is 1.93 bits per heavy atom. The number of ether oxygens (including phenoxy) is 2. The van der Waals surface area contributed by atoms with Gasteiger partial charge in [-0.05, 0) is 57.2 Å². The van der Waals surface area contributed by atoms with Crippen LogP contribution in [0, 0.1) is 10.1 Å². The van der Waals surface area contributed by atoms with Crippen molar-refractivity contribution in [3.63, 3.8) is 0 Å². The highest BCUT2D eigenvalue weighted by molar-refractivity contribution is 7.90. The first kappa shape index (κ1) is 28.8. The summed E-state index contributed by atoms with van der Waals surface area (Å²) in [6, 6.07) is 9.33. The average Bonchev–Trinajstić information content (AvgIpc) is 3.70. The van der Waals surface area contributed by atoms with Crippen molar-refractivity contribution >= 4 is 38.4 Å². The van der Waals surface area contributed by atoms with Gasteiger partial charge in [-0.1, -0.05) is 18.2 Å². The molecule has 1 aromatic carbocycles. The second-order valence-electron chi connectivity index (χ2n) is 10.7. The van der Waals surface area contributed by atoms with Crippen molar-refractivity contribution in [2.75, 3.05) is 31.2 Å². The number of hydrogen-bond donors (Lipinski definition) is 0. The standard InChI is InChI=1S/C29H32N6O7S/c1-2-41-28(36)29(12-15-32(16-13-29)21-18-31-33(20-21)25-10-6-7-17-42-25)26-23-11-14-34(27(23)30-19-24(26)35(37)38)43(39,40)22-8-4-3-5-9-22/h3-5,8-9,11,14,18-20,25H,2,6-7,10,12-13,15-17H2,1H3. The van der Waals surface area contributed by atoms with Gasteiger partial charge >= 0.3 is 5.97 Å². The van der Waals surface area contributed by atoms with Gasteiger partial charge in [0.2, 0.25) is 0 Å². The predicted molar refractivity (Wildman–Crippen MR) is 156 cm³/mol. The van der Waals surface area contributed by atoms with Gasteiger partial charge < -0.3 is 14.4 Å². The lowest BCUT2D eigenvalue weighted by atomic mass is 9.71. The van der Waals surface area contributed by atoms with Crippen LogP contribution in [0.25, 0.3) is 11.0 Å². The quantitative estimate of drug-likeness (QED) is 0.162. The van der Waals surface area contributed by atoms with Crippen LogP contribution in [-0.2, 0) is 29.7 Å². The molecule has 6 rings (SSSR count). The van der Waals surface area contributed by atoms with Crippen molar-refractivity contribution in [1.29, 1.82) is 0 Å². The van der Waals surface area contributed by atoms with E-state index in [-0.39, 0.29) is 52.9 Å². The summed E-state index contributed by atoms with van der Waals surface area (Å²) in [6.45, 7) is 3.24. The molecule has 0 radical (unpaired) electrons. The molecule has 0 bridgehead atoms. The third kappa shape index (κ3) is 5.03. The SMILES string of the molecule is CCOC(=O)C1(c2c([N+](=O)[O-])cnc3c2ccn3S(=O)(=O)c2ccccc2)CCN(c2cnn(C3CCCCO3)c2)CC1. The third-order valence-electron chi connectivity index (χ3n) is 8.32. The Morgan fingerprint density at radius 3 is 2.60 bits per heavy atom. The summed E-state index contributed by atoms with van der Waals surface area (Å²) < 4.78 is 41.2. The number of piperidine rings is 1. The van der Waals surface area contributed by atoms with Crippen LogP contribution in [0.15, 0.2) is 66.1 Å². The van der Waals surface area contributed by atoms with Crippen LogP contribution < -0.4 is 4.90 Å². The summed E-state index contributed by atoms with van der Waals surface area (Å²) in [4.78, 5) is 31.9. The van der Waals surface area contributed by atoms with Crippen molar-refractivity contribution < 1.29 is 27.6 Å². The Balaban J connectivity index is 1.41. The van der Waals surface area contributed by atoms with Gasteiger partial charge in [-0.3, -0.25) is 14.9 Å². The number of nitro groups is 1. The number of pyridine rings is 1. The molecule has 13 nitrogen and oxygen atoms in total. The minimum absolute atomic E-state index is 0.00399. The number of carbonyl (C=O) groups is 1. The zero-order chi connectivity index (χ0) is 30.2. The van der Waals surface area contributed by atoms with E-state index in [0.29, 0.717) is 19.7 Å². The highest BCUT2D eigenvalue weighted by Gasteiger charge is 2.50. The molecule has 2 saturated heterocycles. The van der Waals surface area contributed by atoms with E-state index in [2.05, 4.69) is 15.0 Å². The predicted octanol–water partition coefficient (Wildman–Crippen LogP) is 4.18. The molecule has 1 atom stereocenters. The van der Waals surface area contributed by atoms with Crippen molar-refractivity contribution in [3.05, 3.63) is 76.9 Å². The molecule has 4 aromatic rings. The number of hydrogen-bond acceptors (Lipinski definition) is 10. The monoisotopic (exact) mass is 608 g/mol. The lowest BCUT2D eigenvalue weighted by Gasteiger charge is -2.40. The summed E-state index contributed by atoms with van der Waals surface area (Å²) >= 11 is 0. The van der Waals surface area contributed by atoms with Crippen molar-refractivity contribution in [3.8, 4) is 0 Å². The van der Waals surface area contributed by atoms with Gasteiger partial charge in [-0.15, -0.1) is 0 Å².